The summed E-state index contributed by atoms with van der Waals surface area (Å²) in [5.74, 6) is 1.19. The van der Waals surface area contributed by atoms with E-state index in [1.165, 1.54) is 0 Å². The van der Waals surface area contributed by atoms with E-state index in [1.807, 2.05) is 18.2 Å². The Bertz CT molecular complexity index is 855. The minimum absolute atomic E-state index is 0.0332. The monoisotopic (exact) mass is 297 g/mol. The summed E-state index contributed by atoms with van der Waals surface area (Å²) in [7, 11) is 0. The van der Waals surface area contributed by atoms with Crippen molar-refractivity contribution in [3.05, 3.63) is 48.2 Å². The van der Waals surface area contributed by atoms with Crippen molar-refractivity contribution in [2.75, 3.05) is 6.79 Å². The first-order chi connectivity index (χ1) is 10.8. The van der Waals surface area contributed by atoms with Gasteiger partial charge < -0.3 is 18.7 Å². The second-order valence-electron chi connectivity index (χ2n) is 4.79. The highest BCUT2D eigenvalue weighted by atomic mass is 16.7. The van der Waals surface area contributed by atoms with Gasteiger partial charge in [0.15, 0.2) is 17.1 Å². The quantitative estimate of drug-likeness (QED) is 0.547. The maximum atomic E-state index is 12.0. The highest BCUT2D eigenvalue weighted by Crippen LogP contribution is 2.35. The lowest BCUT2D eigenvalue weighted by Crippen LogP contribution is -2.11. The number of hydrogen-bond acceptors (Lipinski definition) is 6. The Labute approximate surface area is 125 Å². The third-order valence-electron chi connectivity index (χ3n) is 3.34. The Hall–Kier alpha value is -3.02. The van der Waals surface area contributed by atoms with Gasteiger partial charge in [0.1, 0.15) is 11.4 Å². The second-order valence-corrected chi connectivity index (χ2v) is 4.79. The van der Waals surface area contributed by atoms with Gasteiger partial charge in [-0.2, -0.15) is 0 Å². The van der Waals surface area contributed by atoms with Crippen LogP contribution in [0.15, 0.2) is 47.0 Å². The number of esters is 1. The first-order valence-corrected chi connectivity index (χ1v) is 6.73. The minimum Gasteiger partial charge on any atom is -0.454 e. The Morgan fingerprint density at radius 2 is 2.00 bits per heavy atom. The topological polar surface area (TPSA) is 70.8 Å². The van der Waals surface area contributed by atoms with Crippen molar-refractivity contribution < 1.29 is 23.5 Å². The molecule has 110 valence electrons. The molecule has 1 aromatic heterocycles. The molecule has 0 spiro atoms. The molecule has 0 aliphatic carbocycles. The summed E-state index contributed by atoms with van der Waals surface area (Å²) in [6.07, 6.45) is 0.0332. The first-order valence-electron chi connectivity index (χ1n) is 6.73. The van der Waals surface area contributed by atoms with E-state index in [9.17, 15) is 4.79 Å². The number of carbonyl (C=O) groups excluding carboxylic acids is 1. The summed E-state index contributed by atoms with van der Waals surface area (Å²) in [4.78, 5) is 12.0. The van der Waals surface area contributed by atoms with Gasteiger partial charge in [0.2, 0.25) is 6.79 Å². The van der Waals surface area contributed by atoms with Crippen molar-refractivity contribution in [1.82, 2.24) is 5.16 Å². The number of ether oxygens (including phenoxy) is 3. The molecule has 0 saturated heterocycles. The number of para-hydroxylation sites is 1. The molecule has 0 fully saturated rings. The van der Waals surface area contributed by atoms with Crippen LogP contribution in [-0.2, 0) is 11.2 Å². The van der Waals surface area contributed by atoms with Gasteiger partial charge in [-0.15, -0.1) is 0 Å². The van der Waals surface area contributed by atoms with Crippen LogP contribution >= 0.6 is 0 Å². The fraction of sp³-hybridized carbons (Fsp3) is 0.125. The van der Waals surface area contributed by atoms with Crippen LogP contribution in [0.1, 0.15) is 5.69 Å². The van der Waals surface area contributed by atoms with Gasteiger partial charge in [0.05, 0.1) is 6.42 Å². The summed E-state index contributed by atoms with van der Waals surface area (Å²) in [5, 5.41) is 4.72. The summed E-state index contributed by atoms with van der Waals surface area (Å²) in [5.41, 5.74) is 1.20. The molecule has 6 heteroatoms. The molecule has 1 aliphatic heterocycles. The number of benzene rings is 2. The lowest BCUT2D eigenvalue weighted by atomic mass is 10.2. The molecule has 1 aliphatic rings. The smallest absolute Gasteiger partial charge is 0.317 e. The molecular weight excluding hydrogens is 286 g/mol. The number of rotatable bonds is 3. The van der Waals surface area contributed by atoms with Crippen molar-refractivity contribution in [3.63, 3.8) is 0 Å². The molecular formula is C16H11NO5. The predicted octanol–water partition coefficient (Wildman–Crippen LogP) is 2.70. The standard InChI is InChI=1S/C16H11NO5/c18-16(8-12-11-3-1-2-4-13(11)22-17-12)21-10-5-6-14-15(7-10)20-9-19-14/h1-7H,8-9H2. The van der Waals surface area contributed by atoms with Gasteiger partial charge in [-0.05, 0) is 24.3 Å². The fourth-order valence-corrected chi connectivity index (χ4v) is 2.31. The second kappa shape index (κ2) is 5.07. The molecule has 0 saturated carbocycles. The van der Waals surface area contributed by atoms with Crippen LogP contribution in [0.2, 0.25) is 0 Å². The van der Waals surface area contributed by atoms with Crippen LogP contribution in [0.25, 0.3) is 11.0 Å². The van der Waals surface area contributed by atoms with E-state index < -0.39 is 5.97 Å². The molecule has 0 amide bonds. The average molecular weight is 297 g/mol. The average Bonchev–Trinajstić information content (AvgIpc) is 3.14. The zero-order valence-electron chi connectivity index (χ0n) is 11.4. The van der Waals surface area contributed by atoms with Crippen molar-refractivity contribution >= 4 is 16.9 Å². The molecule has 2 aromatic carbocycles. The molecule has 0 atom stereocenters. The van der Waals surface area contributed by atoms with E-state index in [2.05, 4.69) is 5.16 Å². The highest BCUT2D eigenvalue weighted by Gasteiger charge is 2.17. The summed E-state index contributed by atoms with van der Waals surface area (Å²) < 4.78 is 20.9. The normalized spacial score (nSPS) is 12.5. The third-order valence-corrected chi connectivity index (χ3v) is 3.34. The van der Waals surface area contributed by atoms with Crippen LogP contribution in [0, 0.1) is 0 Å². The Balaban J connectivity index is 1.51. The largest absolute Gasteiger partial charge is 0.454 e. The summed E-state index contributed by atoms with van der Waals surface area (Å²) in [6.45, 7) is 0.178. The molecule has 0 radical (unpaired) electrons. The van der Waals surface area contributed by atoms with Crippen LogP contribution in [0.4, 0.5) is 0 Å². The SMILES string of the molecule is O=C(Cc1noc2ccccc12)Oc1ccc2c(c1)OCO2. The van der Waals surface area contributed by atoms with Gasteiger partial charge in [0, 0.05) is 11.5 Å². The number of aromatic nitrogens is 1. The maximum absolute atomic E-state index is 12.0. The van der Waals surface area contributed by atoms with Gasteiger partial charge in [-0.25, -0.2) is 0 Å². The fourth-order valence-electron chi connectivity index (χ4n) is 2.31. The van der Waals surface area contributed by atoms with Gasteiger partial charge in [-0.3, -0.25) is 4.79 Å². The van der Waals surface area contributed by atoms with E-state index in [4.69, 9.17) is 18.7 Å². The third kappa shape index (κ3) is 2.24. The van der Waals surface area contributed by atoms with Gasteiger partial charge in [0.25, 0.3) is 0 Å². The van der Waals surface area contributed by atoms with Crippen molar-refractivity contribution in [1.29, 1.82) is 0 Å². The molecule has 22 heavy (non-hydrogen) atoms. The lowest BCUT2D eigenvalue weighted by Gasteiger charge is -2.04. The van der Waals surface area contributed by atoms with E-state index in [1.54, 1.807) is 24.3 Å². The molecule has 3 aromatic rings. The molecule has 0 N–H and O–H groups in total. The van der Waals surface area contributed by atoms with E-state index >= 15 is 0 Å². The number of fused-ring (bicyclic) bond motifs is 2. The van der Waals surface area contributed by atoms with E-state index in [0.29, 0.717) is 28.5 Å². The molecule has 0 bridgehead atoms. The first kappa shape index (κ1) is 12.7. The summed E-state index contributed by atoms with van der Waals surface area (Å²) in [6, 6.07) is 12.4. The van der Waals surface area contributed by atoms with Crippen LogP contribution < -0.4 is 14.2 Å². The summed E-state index contributed by atoms with van der Waals surface area (Å²) >= 11 is 0. The predicted molar refractivity (Wildman–Crippen MR) is 75.9 cm³/mol. The minimum atomic E-state index is -0.419. The van der Waals surface area contributed by atoms with Gasteiger partial charge >= 0.3 is 5.97 Å². The lowest BCUT2D eigenvalue weighted by molar-refractivity contribution is -0.133. The molecule has 6 nitrogen and oxygen atoms in total. The Kier molecular flexibility index (Phi) is 2.93. The Morgan fingerprint density at radius 3 is 2.95 bits per heavy atom. The van der Waals surface area contributed by atoms with Crippen molar-refractivity contribution in [2.45, 2.75) is 6.42 Å². The zero-order valence-corrected chi connectivity index (χ0v) is 11.4. The van der Waals surface area contributed by atoms with Crippen LogP contribution in [-0.4, -0.2) is 17.9 Å². The number of carbonyl (C=O) groups is 1. The highest BCUT2D eigenvalue weighted by molar-refractivity contribution is 5.84. The number of nitrogens with zero attached hydrogens (tertiary/aromatic N) is 1. The van der Waals surface area contributed by atoms with Gasteiger partial charge in [-0.1, -0.05) is 17.3 Å². The zero-order chi connectivity index (χ0) is 14.9. The maximum Gasteiger partial charge on any atom is 0.317 e. The molecule has 4 rings (SSSR count). The number of hydrogen-bond donors (Lipinski definition) is 0. The Morgan fingerprint density at radius 1 is 1.14 bits per heavy atom. The van der Waals surface area contributed by atoms with Crippen LogP contribution in [0.3, 0.4) is 0 Å². The molecule has 2 heterocycles. The van der Waals surface area contributed by atoms with Crippen molar-refractivity contribution in [2.24, 2.45) is 0 Å². The van der Waals surface area contributed by atoms with Crippen LogP contribution in [0.5, 0.6) is 17.2 Å². The molecule has 0 unspecified atom stereocenters. The van der Waals surface area contributed by atoms with E-state index in [0.717, 1.165) is 5.39 Å². The van der Waals surface area contributed by atoms with E-state index in [-0.39, 0.29) is 13.2 Å². The van der Waals surface area contributed by atoms with Crippen molar-refractivity contribution in [3.8, 4) is 17.2 Å².